The van der Waals surface area contributed by atoms with E-state index >= 15 is 0 Å². The van der Waals surface area contributed by atoms with Crippen molar-refractivity contribution in [1.29, 1.82) is 0 Å². The number of benzene rings is 1. The zero-order valence-electron chi connectivity index (χ0n) is 14.5. The van der Waals surface area contributed by atoms with Crippen LogP contribution in [0.1, 0.15) is 11.4 Å². The second kappa shape index (κ2) is 7.43. The first-order valence-corrected chi connectivity index (χ1v) is 10.2. The van der Waals surface area contributed by atoms with Crippen LogP contribution in [0.25, 0.3) is 15.9 Å². The highest BCUT2D eigenvalue weighted by Crippen LogP contribution is 2.36. The van der Waals surface area contributed by atoms with E-state index in [9.17, 15) is 18.0 Å². The summed E-state index contributed by atoms with van der Waals surface area (Å²) in [5.41, 5.74) is -1.39. The Morgan fingerprint density at radius 2 is 2.07 bits per heavy atom. The van der Waals surface area contributed by atoms with Gasteiger partial charge >= 0.3 is 6.18 Å². The Bertz CT molecular complexity index is 1270. The highest BCUT2D eigenvalue weighted by atomic mass is 35.5. The number of hydrogen-bond donors (Lipinski definition) is 0. The summed E-state index contributed by atoms with van der Waals surface area (Å²) in [5, 5.41) is 13.7. The summed E-state index contributed by atoms with van der Waals surface area (Å²) in [6.07, 6.45) is -4.63. The summed E-state index contributed by atoms with van der Waals surface area (Å²) in [5.74, 6) is 0.271. The number of nitrogens with zero attached hydrogens (tertiary/aromatic N) is 6. The minimum absolute atomic E-state index is 0.0477. The lowest BCUT2D eigenvalue weighted by atomic mass is 10.1. The highest BCUT2D eigenvalue weighted by Gasteiger charge is 2.35. The molecule has 0 saturated heterocycles. The summed E-state index contributed by atoms with van der Waals surface area (Å²) in [6.45, 7) is 0. The van der Waals surface area contributed by atoms with E-state index in [1.165, 1.54) is 28.0 Å². The first kappa shape index (κ1) is 19.9. The van der Waals surface area contributed by atoms with Crippen LogP contribution in [-0.2, 0) is 19.0 Å². The maximum atomic E-state index is 13.4. The molecule has 7 nitrogen and oxygen atoms in total. The van der Waals surface area contributed by atoms with Gasteiger partial charge in [-0.15, -0.1) is 16.4 Å². The van der Waals surface area contributed by atoms with Gasteiger partial charge in [-0.2, -0.15) is 17.9 Å². The Balaban J connectivity index is 1.69. The SMILES string of the molecule is Cn1c(SCc2nnnn2-c2ccc(Cl)cc2C(F)(F)F)nc2sccc2c1=O. The lowest BCUT2D eigenvalue weighted by Crippen LogP contribution is -2.19. The Kier molecular flexibility index (Phi) is 5.09. The van der Waals surface area contributed by atoms with Crippen molar-refractivity contribution in [3.05, 3.63) is 56.4 Å². The summed E-state index contributed by atoms with van der Waals surface area (Å²) in [6, 6.07) is 5.07. The van der Waals surface area contributed by atoms with E-state index in [1.54, 1.807) is 18.5 Å². The minimum Gasteiger partial charge on any atom is -0.290 e. The van der Waals surface area contributed by atoms with E-state index in [0.717, 1.165) is 22.5 Å². The van der Waals surface area contributed by atoms with Gasteiger partial charge < -0.3 is 0 Å². The number of tetrazole rings is 1. The average Bonchev–Trinajstić information content (AvgIpc) is 3.32. The molecule has 0 saturated carbocycles. The Hall–Kier alpha value is -2.44. The minimum atomic E-state index is -4.63. The van der Waals surface area contributed by atoms with E-state index in [-0.39, 0.29) is 27.8 Å². The molecule has 3 heterocycles. The van der Waals surface area contributed by atoms with Crippen LogP contribution in [0.4, 0.5) is 13.2 Å². The first-order valence-electron chi connectivity index (χ1n) is 7.97. The lowest BCUT2D eigenvalue weighted by Gasteiger charge is -2.14. The Morgan fingerprint density at radius 1 is 1.28 bits per heavy atom. The normalized spacial score (nSPS) is 12.0. The fourth-order valence-corrected chi connectivity index (χ4v) is 4.50. The molecule has 0 aliphatic rings. The fraction of sp³-hybridized carbons (Fsp3) is 0.188. The zero-order chi connectivity index (χ0) is 20.8. The number of thiophene rings is 1. The van der Waals surface area contributed by atoms with Crippen LogP contribution in [0.2, 0.25) is 5.02 Å². The van der Waals surface area contributed by atoms with Crippen LogP contribution >= 0.6 is 34.7 Å². The first-order chi connectivity index (χ1) is 13.8. The van der Waals surface area contributed by atoms with Crippen molar-refractivity contribution in [2.75, 3.05) is 0 Å². The third-order valence-corrected chi connectivity index (χ3v) is 6.09. The molecule has 0 spiro atoms. The predicted octanol–water partition coefficient (Wildman–Crippen LogP) is 3.94. The number of aromatic nitrogens is 6. The van der Waals surface area contributed by atoms with Crippen LogP contribution in [0.5, 0.6) is 0 Å². The molecule has 150 valence electrons. The van der Waals surface area contributed by atoms with Gasteiger partial charge in [-0.05, 0) is 40.1 Å². The van der Waals surface area contributed by atoms with Gasteiger partial charge in [-0.3, -0.25) is 9.36 Å². The number of fused-ring (bicyclic) bond motifs is 1. The van der Waals surface area contributed by atoms with Crippen molar-refractivity contribution < 1.29 is 13.2 Å². The van der Waals surface area contributed by atoms with Crippen molar-refractivity contribution in [3.63, 3.8) is 0 Å². The molecule has 0 radical (unpaired) electrons. The van der Waals surface area contributed by atoms with E-state index < -0.39 is 11.7 Å². The van der Waals surface area contributed by atoms with Gasteiger partial charge in [0.1, 0.15) is 4.83 Å². The van der Waals surface area contributed by atoms with E-state index in [0.29, 0.717) is 15.4 Å². The number of halogens is 4. The number of hydrogen-bond acceptors (Lipinski definition) is 7. The maximum absolute atomic E-state index is 13.4. The predicted molar refractivity (Wildman–Crippen MR) is 104 cm³/mol. The van der Waals surface area contributed by atoms with Crippen molar-refractivity contribution >= 4 is 44.9 Å². The maximum Gasteiger partial charge on any atom is 0.418 e. The van der Waals surface area contributed by atoms with Crippen molar-refractivity contribution in [2.45, 2.75) is 17.1 Å². The molecule has 4 aromatic rings. The van der Waals surface area contributed by atoms with Crippen molar-refractivity contribution in [2.24, 2.45) is 7.05 Å². The molecule has 0 aliphatic carbocycles. The topological polar surface area (TPSA) is 78.5 Å². The van der Waals surface area contributed by atoms with Crippen LogP contribution in [0, 0.1) is 0 Å². The lowest BCUT2D eigenvalue weighted by molar-refractivity contribution is -0.137. The molecule has 0 fully saturated rings. The standard InChI is InChI=1S/C16H10ClF3N6OS2/c1-25-14(27)9-4-5-28-13(9)21-15(25)29-7-12-22-23-24-26(12)11-3-2-8(17)6-10(11)16(18,19)20/h2-6H,7H2,1H3. The molecule has 0 atom stereocenters. The van der Waals surface area contributed by atoms with Gasteiger partial charge in [0.2, 0.25) is 0 Å². The smallest absolute Gasteiger partial charge is 0.290 e. The van der Waals surface area contributed by atoms with Crippen molar-refractivity contribution in [3.8, 4) is 5.69 Å². The summed E-state index contributed by atoms with van der Waals surface area (Å²) in [7, 11) is 1.58. The summed E-state index contributed by atoms with van der Waals surface area (Å²) >= 11 is 8.21. The third kappa shape index (κ3) is 3.74. The van der Waals surface area contributed by atoms with E-state index in [1.807, 2.05) is 0 Å². The zero-order valence-corrected chi connectivity index (χ0v) is 16.9. The largest absolute Gasteiger partial charge is 0.418 e. The molecule has 0 N–H and O–H groups in total. The van der Waals surface area contributed by atoms with Gasteiger partial charge in [0, 0.05) is 12.1 Å². The molecule has 0 bridgehead atoms. The van der Waals surface area contributed by atoms with Gasteiger partial charge in [-0.1, -0.05) is 23.4 Å². The molecule has 3 aromatic heterocycles. The molecular weight excluding hydrogens is 449 g/mol. The monoisotopic (exact) mass is 458 g/mol. The van der Waals surface area contributed by atoms with Crippen LogP contribution in [-0.4, -0.2) is 29.8 Å². The highest BCUT2D eigenvalue weighted by molar-refractivity contribution is 7.98. The molecule has 4 rings (SSSR count). The van der Waals surface area contributed by atoms with E-state index in [4.69, 9.17) is 11.6 Å². The fourth-order valence-electron chi connectivity index (χ4n) is 2.64. The van der Waals surface area contributed by atoms with Crippen LogP contribution in [0.15, 0.2) is 39.6 Å². The molecular formula is C16H10ClF3N6OS2. The molecule has 0 unspecified atom stereocenters. The van der Waals surface area contributed by atoms with Crippen molar-refractivity contribution in [1.82, 2.24) is 29.8 Å². The molecule has 0 amide bonds. The quantitative estimate of drug-likeness (QED) is 0.340. The Morgan fingerprint density at radius 3 is 2.83 bits per heavy atom. The van der Waals surface area contributed by atoms with Gasteiger partial charge in [-0.25, -0.2) is 4.98 Å². The second-order valence-electron chi connectivity index (χ2n) is 5.85. The van der Waals surface area contributed by atoms with E-state index in [2.05, 4.69) is 20.5 Å². The van der Waals surface area contributed by atoms with Gasteiger partial charge in [0.15, 0.2) is 11.0 Å². The molecule has 29 heavy (non-hydrogen) atoms. The molecule has 1 aromatic carbocycles. The number of thioether (sulfide) groups is 1. The number of rotatable bonds is 4. The molecule has 0 aliphatic heterocycles. The summed E-state index contributed by atoms with van der Waals surface area (Å²) in [4.78, 5) is 17.4. The summed E-state index contributed by atoms with van der Waals surface area (Å²) < 4.78 is 42.7. The molecule has 13 heteroatoms. The second-order valence-corrected chi connectivity index (χ2v) is 8.13. The average molecular weight is 459 g/mol. The number of alkyl halides is 3. The van der Waals surface area contributed by atoms with Crippen LogP contribution in [0.3, 0.4) is 0 Å². The third-order valence-electron chi connectivity index (χ3n) is 4.02. The van der Waals surface area contributed by atoms with Gasteiger partial charge in [0.05, 0.1) is 22.4 Å². The van der Waals surface area contributed by atoms with Gasteiger partial charge in [0.25, 0.3) is 5.56 Å². The van der Waals surface area contributed by atoms with Crippen LogP contribution < -0.4 is 5.56 Å². The Labute approximate surface area is 174 Å².